The van der Waals surface area contributed by atoms with Gasteiger partial charge in [0.15, 0.2) is 0 Å². The lowest BCUT2D eigenvalue weighted by Crippen LogP contribution is -2.61. The Morgan fingerprint density at radius 1 is 0.964 bits per heavy atom. The molecule has 0 aliphatic rings. The highest BCUT2D eigenvalue weighted by molar-refractivity contribution is 7.99. The summed E-state index contributed by atoms with van der Waals surface area (Å²) in [6.07, 6.45) is 0.599. The highest BCUT2D eigenvalue weighted by Gasteiger charge is 2.50. The van der Waals surface area contributed by atoms with Gasteiger partial charge in [0.05, 0.1) is 13.2 Å². The molecule has 6 nitrogen and oxygen atoms in total. The van der Waals surface area contributed by atoms with Crippen LogP contribution in [0.15, 0.2) is 30.3 Å². The van der Waals surface area contributed by atoms with Crippen molar-refractivity contribution in [2.45, 2.75) is 63.5 Å². The van der Waals surface area contributed by atoms with Gasteiger partial charge < -0.3 is 14.8 Å². The van der Waals surface area contributed by atoms with Crippen molar-refractivity contribution in [2.75, 3.05) is 13.2 Å². The third-order valence-corrected chi connectivity index (χ3v) is 5.67. The minimum absolute atomic E-state index is 0.0963. The number of thioether (sulfide) groups is 1. The number of carbonyl (C=O) groups excluding carboxylic acids is 3. The fraction of sp³-hybridized carbons (Fsp3) is 0.571. The molecule has 1 rings (SSSR count). The maximum absolute atomic E-state index is 12.7. The van der Waals surface area contributed by atoms with Crippen LogP contribution in [0.25, 0.3) is 0 Å². The average molecular weight is 410 g/mol. The van der Waals surface area contributed by atoms with Crippen LogP contribution in [0.2, 0.25) is 0 Å². The first-order chi connectivity index (χ1) is 13.2. The molecule has 1 amide bonds. The molecule has 0 spiro atoms. The molecule has 0 heterocycles. The second-order valence-corrected chi connectivity index (χ2v) is 8.74. The number of rotatable bonds is 11. The molecule has 0 bridgehead atoms. The summed E-state index contributed by atoms with van der Waals surface area (Å²) in [4.78, 5) is 37.1. The molecule has 1 aromatic carbocycles. The molecule has 0 atom stereocenters. The molecule has 7 heteroatoms. The second kappa shape index (κ2) is 11.1. The monoisotopic (exact) mass is 409 g/mol. The maximum Gasteiger partial charge on any atom is 0.343 e. The molecular formula is C21H31NO5S. The van der Waals surface area contributed by atoms with Gasteiger partial charge in [-0.25, -0.2) is 9.59 Å². The maximum atomic E-state index is 12.7. The lowest BCUT2D eigenvalue weighted by atomic mass is 9.89. The Morgan fingerprint density at radius 3 is 1.96 bits per heavy atom. The van der Waals surface area contributed by atoms with E-state index in [9.17, 15) is 14.4 Å². The van der Waals surface area contributed by atoms with Crippen molar-refractivity contribution in [3.8, 4) is 0 Å². The molecule has 0 radical (unpaired) electrons. The predicted octanol–water partition coefficient (Wildman–Crippen LogP) is 3.48. The van der Waals surface area contributed by atoms with Crippen molar-refractivity contribution < 1.29 is 23.9 Å². The first-order valence-electron chi connectivity index (χ1n) is 9.48. The fourth-order valence-electron chi connectivity index (χ4n) is 2.67. The highest BCUT2D eigenvalue weighted by Crippen LogP contribution is 2.35. The van der Waals surface area contributed by atoms with Crippen molar-refractivity contribution in [2.24, 2.45) is 0 Å². The van der Waals surface area contributed by atoms with Crippen LogP contribution in [0, 0.1) is 0 Å². The quantitative estimate of drug-likeness (QED) is 0.445. The molecule has 28 heavy (non-hydrogen) atoms. The number of nitrogens with one attached hydrogen (secondary N) is 1. The first-order valence-corrected chi connectivity index (χ1v) is 10.5. The van der Waals surface area contributed by atoms with E-state index in [1.165, 1.54) is 12.5 Å². The highest BCUT2D eigenvalue weighted by atomic mass is 32.2. The molecule has 0 saturated heterocycles. The van der Waals surface area contributed by atoms with Gasteiger partial charge in [-0.15, -0.1) is 0 Å². The summed E-state index contributed by atoms with van der Waals surface area (Å²) in [6, 6.07) is 10.1. The van der Waals surface area contributed by atoms with Gasteiger partial charge in [-0.2, -0.15) is 11.8 Å². The Hall–Kier alpha value is -2.02. The van der Waals surface area contributed by atoms with Crippen LogP contribution >= 0.6 is 11.8 Å². The molecule has 0 aromatic heterocycles. The standard InChI is InChI=1S/C21H31NO5S/c1-6-26-18(24)21(22-16(3)23,19(25)27-7-2)14-13-20(4,5)28-15-17-11-9-8-10-12-17/h8-12H,6-7,13-15H2,1-5H3,(H,22,23). The van der Waals surface area contributed by atoms with Crippen LogP contribution in [-0.2, 0) is 29.6 Å². The Morgan fingerprint density at radius 2 is 1.50 bits per heavy atom. The van der Waals surface area contributed by atoms with Crippen LogP contribution in [0.4, 0.5) is 0 Å². The van der Waals surface area contributed by atoms with Gasteiger partial charge in [0.25, 0.3) is 0 Å². The number of ether oxygens (including phenoxy) is 2. The van der Waals surface area contributed by atoms with E-state index >= 15 is 0 Å². The lowest BCUT2D eigenvalue weighted by molar-refractivity contribution is -0.168. The van der Waals surface area contributed by atoms with Gasteiger partial charge in [-0.3, -0.25) is 4.79 Å². The van der Waals surface area contributed by atoms with Crippen molar-refractivity contribution in [3.05, 3.63) is 35.9 Å². The zero-order chi connectivity index (χ0) is 21.2. The second-order valence-electron chi connectivity index (χ2n) is 7.06. The van der Waals surface area contributed by atoms with E-state index in [2.05, 4.69) is 31.3 Å². The van der Waals surface area contributed by atoms with Crippen molar-refractivity contribution >= 4 is 29.6 Å². The molecular weight excluding hydrogens is 378 g/mol. The normalized spacial score (nSPS) is 11.6. The SMILES string of the molecule is CCOC(=O)C(CCC(C)(C)SCc1ccccc1)(NC(C)=O)C(=O)OCC. The van der Waals surface area contributed by atoms with Gasteiger partial charge >= 0.3 is 11.9 Å². The van der Waals surface area contributed by atoms with E-state index in [1.54, 1.807) is 25.6 Å². The largest absolute Gasteiger partial charge is 0.464 e. The summed E-state index contributed by atoms with van der Waals surface area (Å²) in [7, 11) is 0. The van der Waals surface area contributed by atoms with E-state index in [1.807, 2.05) is 18.2 Å². The summed E-state index contributed by atoms with van der Waals surface area (Å²) in [5, 5.41) is 2.51. The van der Waals surface area contributed by atoms with E-state index in [-0.39, 0.29) is 24.4 Å². The van der Waals surface area contributed by atoms with E-state index in [0.717, 1.165) is 5.75 Å². The summed E-state index contributed by atoms with van der Waals surface area (Å²) >= 11 is 1.72. The number of carbonyl (C=O) groups is 3. The summed E-state index contributed by atoms with van der Waals surface area (Å²) in [5.74, 6) is -1.25. The van der Waals surface area contributed by atoms with E-state index < -0.39 is 23.4 Å². The minimum Gasteiger partial charge on any atom is -0.464 e. The van der Waals surface area contributed by atoms with Crippen LogP contribution < -0.4 is 5.32 Å². The van der Waals surface area contributed by atoms with E-state index in [0.29, 0.717) is 6.42 Å². The van der Waals surface area contributed by atoms with Gasteiger partial charge in [0.2, 0.25) is 11.4 Å². The summed E-state index contributed by atoms with van der Waals surface area (Å²) in [6.45, 7) is 8.88. The number of benzene rings is 1. The fourth-order valence-corrected chi connectivity index (χ4v) is 3.67. The summed E-state index contributed by atoms with van der Waals surface area (Å²) < 4.78 is 9.98. The van der Waals surface area contributed by atoms with Crippen molar-refractivity contribution in [1.82, 2.24) is 5.32 Å². The predicted molar refractivity (Wildman–Crippen MR) is 111 cm³/mol. The lowest BCUT2D eigenvalue weighted by Gasteiger charge is -2.33. The summed E-state index contributed by atoms with van der Waals surface area (Å²) in [5.41, 5.74) is -0.632. The van der Waals surface area contributed by atoms with Gasteiger partial charge in [0.1, 0.15) is 0 Å². The molecule has 0 fully saturated rings. The van der Waals surface area contributed by atoms with Crippen LogP contribution in [-0.4, -0.2) is 41.3 Å². The molecule has 0 unspecified atom stereocenters. The van der Waals surface area contributed by atoms with Crippen molar-refractivity contribution in [1.29, 1.82) is 0 Å². The Kier molecular flexibility index (Phi) is 9.52. The third-order valence-electron chi connectivity index (χ3n) is 4.21. The van der Waals surface area contributed by atoms with Crippen molar-refractivity contribution in [3.63, 3.8) is 0 Å². The Balaban J connectivity index is 2.97. The molecule has 1 aromatic rings. The third kappa shape index (κ3) is 7.19. The van der Waals surface area contributed by atoms with Crippen LogP contribution in [0.1, 0.15) is 53.0 Å². The topological polar surface area (TPSA) is 81.7 Å². The van der Waals surface area contributed by atoms with Crippen LogP contribution in [0.3, 0.4) is 0 Å². The minimum atomic E-state index is -1.83. The van der Waals surface area contributed by atoms with E-state index in [4.69, 9.17) is 9.47 Å². The van der Waals surface area contributed by atoms with Gasteiger partial charge in [-0.1, -0.05) is 44.2 Å². The Bertz CT molecular complexity index is 642. The van der Waals surface area contributed by atoms with Gasteiger partial charge in [-0.05, 0) is 32.3 Å². The molecule has 0 saturated carbocycles. The Labute approximate surface area is 171 Å². The van der Waals surface area contributed by atoms with Gasteiger partial charge in [0, 0.05) is 17.4 Å². The van der Waals surface area contributed by atoms with Crippen LogP contribution in [0.5, 0.6) is 0 Å². The molecule has 0 aliphatic heterocycles. The molecule has 1 N–H and O–H groups in total. The number of hydrogen-bond acceptors (Lipinski definition) is 6. The average Bonchev–Trinajstić information content (AvgIpc) is 2.64. The molecule has 156 valence electrons. The number of hydrogen-bond donors (Lipinski definition) is 1. The molecule has 0 aliphatic carbocycles. The smallest absolute Gasteiger partial charge is 0.343 e. The number of amides is 1. The zero-order valence-electron chi connectivity index (χ0n) is 17.4. The first kappa shape index (κ1) is 24.0. The number of esters is 2. The zero-order valence-corrected chi connectivity index (χ0v) is 18.2.